The van der Waals surface area contributed by atoms with Crippen LogP contribution < -0.4 is 0 Å². The highest BCUT2D eigenvalue weighted by atomic mass is 16.5. The molecule has 2 amide bonds. The highest BCUT2D eigenvalue weighted by Gasteiger charge is 2.29. The number of amides is 2. The standard InChI is InChI=1S/C10H20O.2C9H17NO.C9H19N.C8H17N.2C2H6/c1-10(2,3)11-9-7-5-4-6-8-9;1-9(2,3)8(11)10-6-4-5-7-10;1-9(2,3)10-7-5-4-6-8(10)11;1-9(2,3)8-10-6-4-5-7-10;1-8(2,3)7-9-5-4-6-9;2*1-2/h9H,4-8H2,1-3H3;2*4-7H2,1-3H3;4-8H2,1-3H3;4-7H2,1-3H3;2*1-2H3. The molecule has 5 fully saturated rings. The van der Waals surface area contributed by atoms with E-state index in [0.717, 1.165) is 32.5 Å². The zero-order valence-electron chi connectivity index (χ0n) is 41.6. The Hall–Kier alpha value is -1.18. The van der Waals surface area contributed by atoms with Crippen molar-refractivity contribution in [1.82, 2.24) is 19.6 Å². The van der Waals surface area contributed by atoms with Crippen molar-refractivity contribution in [2.45, 2.75) is 232 Å². The number of rotatable bonds is 3. The summed E-state index contributed by atoms with van der Waals surface area (Å²) in [5.74, 6) is 0.624. The molecule has 1 aliphatic carbocycles. The van der Waals surface area contributed by atoms with Gasteiger partial charge < -0.3 is 24.3 Å². The number of hydrogen-bond donors (Lipinski definition) is 0. The normalized spacial score (nSPS) is 19.7. The molecule has 7 heteroatoms. The Labute approximate surface area is 352 Å². The van der Waals surface area contributed by atoms with Gasteiger partial charge in [-0.15, -0.1) is 0 Å². The van der Waals surface area contributed by atoms with Crippen LogP contribution in [-0.4, -0.2) is 108 Å². The number of carbonyl (C=O) groups excluding carboxylic acids is 2. The molecule has 336 valence electrons. The summed E-state index contributed by atoms with van der Waals surface area (Å²) < 4.78 is 5.88. The number of nitrogens with zero attached hydrogens (tertiary/aromatic N) is 4. The van der Waals surface area contributed by atoms with E-state index in [0.29, 0.717) is 28.7 Å². The van der Waals surface area contributed by atoms with Gasteiger partial charge in [0.1, 0.15) is 0 Å². The lowest BCUT2D eigenvalue weighted by Crippen LogP contribution is -2.47. The molecule has 4 aliphatic heterocycles. The minimum absolute atomic E-state index is 0.0253. The fourth-order valence-corrected chi connectivity index (χ4v) is 7.42. The highest BCUT2D eigenvalue weighted by molar-refractivity contribution is 5.81. The van der Waals surface area contributed by atoms with E-state index in [1.54, 1.807) is 0 Å². The Morgan fingerprint density at radius 2 is 0.929 bits per heavy atom. The van der Waals surface area contributed by atoms with Gasteiger partial charge in [-0.25, -0.2) is 0 Å². The SMILES string of the molecule is CC.CC.CC(C)(C)C(=O)N1CCCC1.CC(C)(C)CN1CCC1.CC(C)(C)CN1CCCC1.CC(C)(C)N1CCCCC1=O.CC(C)(C)OC1CCCCC1. The molecule has 0 unspecified atom stereocenters. The van der Waals surface area contributed by atoms with Crippen LogP contribution in [-0.2, 0) is 14.3 Å². The molecule has 56 heavy (non-hydrogen) atoms. The van der Waals surface area contributed by atoms with Crippen molar-refractivity contribution >= 4 is 11.8 Å². The first-order valence-corrected chi connectivity index (χ1v) is 23.5. The topological polar surface area (TPSA) is 56.3 Å². The van der Waals surface area contributed by atoms with Crippen LogP contribution in [0, 0.1) is 16.2 Å². The van der Waals surface area contributed by atoms with E-state index < -0.39 is 0 Å². The molecule has 0 bridgehead atoms. The first-order chi connectivity index (χ1) is 25.8. The van der Waals surface area contributed by atoms with Crippen LogP contribution in [0.5, 0.6) is 0 Å². The smallest absolute Gasteiger partial charge is 0.227 e. The second-order valence-electron chi connectivity index (χ2n) is 21.6. The van der Waals surface area contributed by atoms with Crippen molar-refractivity contribution in [3.8, 4) is 0 Å². The maximum atomic E-state index is 11.6. The van der Waals surface area contributed by atoms with Gasteiger partial charge in [-0.3, -0.25) is 9.59 Å². The van der Waals surface area contributed by atoms with E-state index in [2.05, 4.69) is 92.9 Å². The molecule has 0 aromatic rings. The average molecular weight is 795 g/mol. The van der Waals surface area contributed by atoms with E-state index in [1.807, 2.05) is 58.3 Å². The van der Waals surface area contributed by atoms with E-state index in [9.17, 15) is 9.59 Å². The maximum absolute atomic E-state index is 11.6. The van der Waals surface area contributed by atoms with Crippen LogP contribution >= 0.6 is 0 Å². The largest absolute Gasteiger partial charge is 0.373 e. The zero-order valence-corrected chi connectivity index (χ0v) is 41.6. The van der Waals surface area contributed by atoms with Gasteiger partial charge in [0.2, 0.25) is 11.8 Å². The van der Waals surface area contributed by atoms with Crippen LogP contribution in [0.15, 0.2) is 0 Å². The predicted octanol–water partition coefficient (Wildman–Crippen LogP) is 12.5. The van der Waals surface area contributed by atoms with Crippen molar-refractivity contribution in [3.05, 3.63) is 0 Å². The molecule has 5 aliphatic rings. The summed E-state index contributed by atoms with van der Waals surface area (Å²) >= 11 is 0. The summed E-state index contributed by atoms with van der Waals surface area (Å²) in [4.78, 5) is 32.0. The van der Waals surface area contributed by atoms with Gasteiger partial charge in [0.15, 0.2) is 0 Å². The first-order valence-electron chi connectivity index (χ1n) is 23.5. The molecule has 0 aromatic heterocycles. The Bertz CT molecular complexity index is 971. The molecule has 0 aromatic carbocycles. The van der Waals surface area contributed by atoms with Crippen LogP contribution in [0.3, 0.4) is 0 Å². The molecular formula is C49H102N4O3. The van der Waals surface area contributed by atoms with Crippen LogP contribution in [0.2, 0.25) is 0 Å². The van der Waals surface area contributed by atoms with Crippen LogP contribution in [0.4, 0.5) is 0 Å². The lowest BCUT2D eigenvalue weighted by Gasteiger charge is -2.38. The van der Waals surface area contributed by atoms with Crippen molar-refractivity contribution in [1.29, 1.82) is 0 Å². The molecule has 4 heterocycles. The number of piperidine rings is 1. The van der Waals surface area contributed by atoms with E-state index >= 15 is 0 Å². The minimum atomic E-state index is -0.190. The van der Waals surface area contributed by atoms with Crippen molar-refractivity contribution in [3.63, 3.8) is 0 Å². The summed E-state index contributed by atoms with van der Waals surface area (Å²) in [6.45, 7) is 51.2. The zero-order chi connectivity index (χ0) is 43.8. The quantitative estimate of drug-likeness (QED) is 0.285. The van der Waals surface area contributed by atoms with Crippen molar-refractivity contribution in [2.24, 2.45) is 16.2 Å². The molecule has 0 atom stereocenters. The van der Waals surface area contributed by atoms with E-state index in [-0.39, 0.29) is 16.6 Å². The summed E-state index contributed by atoms with van der Waals surface area (Å²) in [5, 5.41) is 0. The Morgan fingerprint density at radius 1 is 0.536 bits per heavy atom. The number of hydrogen-bond acceptors (Lipinski definition) is 5. The van der Waals surface area contributed by atoms with Gasteiger partial charge >= 0.3 is 0 Å². The Kier molecular flexibility index (Phi) is 28.8. The predicted molar refractivity (Wildman–Crippen MR) is 247 cm³/mol. The van der Waals surface area contributed by atoms with E-state index in [4.69, 9.17) is 4.74 Å². The molecule has 5 rings (SSSR count). The van der Waals surface area contributed by atoms with Crippen molar-refractivity contribution < 1.29 is 14.3 Å². The van der Waals surface area contributed by atoms with Gasteiger partial charge in [-0.2, -0.15) is 0 Å². The summed E-state index contributed by atoms with van der Waals surface area (Å²) in [6.07, 6.45) is 16.8. The van der Waals surface area contributed by atoms with Gasteiger partial charge in [0.05, 0.1) is 11.7 Å². The third kappa shape index (κ3) is 29.9. The van der Waals surface area contributed by atoms with Gasteiger partial charge in [-0.1, -0.05) is 109 Å². The molecule has 0 radical (unpaired) electrons. The average Bonchev–Trinajstić information content (AvgIpc) is 3.79. The number of ether oxygens (including phenoxy) is 1. The summed E-state index contributed by atoms with van der Waals surface area (Å²) in [5.41, 5.74) is 0.884. The molecule has 4 saturated heterocycles. The lowest BCUT2D eigenvalue weighted by atomic mass is 9.95. The van der Waals surface area contributed by atoms with Gasteiger partial charge in [0.25, 0.3) is 0 Å². The number of carbonyl (C=O) groups is 2. The molecule has 1 saturated carbocycles. The highest BCUT2D eigenvalue weighted by Crippen LogP contribution is 2.25. The molecule has 0 spiro atoms. The summed E-state index contributed by atoms with van der Waals surface area (Å²) in [6, 6.07) is 0. The molecular weight excluding hydrogens is 693 g/mol. The third-order valence-electron chi connectivity index (χ3n) is 9.78. The van der Waals surface area contributed by atoms with Gasteiger partial charge in [0, 0.05) is 50.1 Å². The summed E-state index contributed by atoms with van der Waals surface area (Å²) in [7, 11) is 0. The minimum Gasteiger partial charge on any atom is -0.373 e. The van der Waals surface area contributed by atoms with Crippen LogP contribution in [0.25, 0.3) is 0 Å². The molecule has 0 N–H and O–H groups in total. The third-order valence-corrected chi connectivity index (χ3v) is 9.78. The monoisotopic (exact) mass is 795 g/mol. The second kappa shape index (κ2) is 28.3. The van der Waals surface area contributed by atoms with Crippen LogP contribution in [0.1, 0.15) is 215 Å². The Balaban J connectivity index is 0. The van der Waals surface area contributed by atoms with Crippen molar-refractivity contribution in [2.75, 3.05) is 58.9 Å². The van der Waals surface area contributed by atoms with E-state index in [1.165, 1.54) is 110 Å². The second-order valence-corrected chi connectivity index (χ2v) is 21.6. The lowest BCUT2D eigenvalue weighted by molar-refractivity contribution is -0.139. The van der Waals surface area contributed by atoms with Gasteiger partial charge in [-0.05, 0) is 136 Å². The first kappa shape index (κ1) is 56.9. The molecule has 7 nitrogen and oxygen atoms in total. The Morgan fingerprint density at radius 3 is 1.23 bits per heavy atom. The fourth-order valence-electron chi connectivity index (χ4n) is 7.42. The number of likely N-dealkylation sites (tertiary alicyclic amines) is 4. The fraction of sp³-hybridized carbons (Fsp3) is 0.959. The maximum Gasteiger partial charge on any atom is 0.227 e.